The number of sulfonamides is 1. The first-order chi connectivity index (χ1) is 15.3. The van der Waals surface area contributed by atoms with Crippen LogP contribution in [0.15, 0.2) is 50.5 Å². The summed E-state index contributed by atoms with van der Waals surface area (Å²) in [4.78, 5) is 26.3. The molecule has 2 fully saturated rings. The number of rotatable bonds is 5. The van der Waals surface area contributed by atoms with E-state index < -0.39 is 15.6 Å². The van der Waals surface area contributed by atoms with Crippen LogP contribution in [0.3, 0.4) is 0 Å². The van der Waals surface area contributed by atoms with Gasteiger partial charge in [0.1, 0.15) is 17.6 Å². The second kappa shape index (κ2) is 9.43. The van der Waals surface area contributed by atoms with Crippen LogP contribution in [0.4, 0.5) is 0 Å². The average Bonchev–Trinajstić information content (AvgIpc) is 2.79. The molecule has 0 unspecified atom stereocenters. The van der Waals surface area contributed by atoms with Gasteiger partial charge in [-0.25, -0.2) is 13.2 Å². The summed E-state index contributed by atoms with van der Waals surface area (Å²) in [7, 11) is -3.59. The van der Waals surface area contributed by atoms with Crippen LogP contribution in [-0.4, -0.2) is 69.0 Å². The first-order valence-corrected chi connectivity index (χ1v) is 12.0. The van der Waals surface area contributed by atoms with E-state index in [9.17, 15) is 18.0 Å². The van der Waals surface area contributed by atoms with Crippen LogP contribution in [0.5, 0.6) is 5.75 Å². The van der Waals surface area contributed by atoms with E-state index in [1.165, 1.54) is 22.5 Å². The maximum atomic E-state index is 12.9. The second-order valence-electron chi connectivity index (χ2n) is 7.87. The molecule has 32 heavy (non-hydrogen) atoms. The Balaban J connectivity index is 1.35. The summed E-state index contributed by atoms with van der Waals surface area (Å²) in [6, 6.07) is 9.07. The summed E-state index contributed by atoms with van der Waals surface area (Å²) in [5, 5.41) is 0. The highest BCUT2D eigenvalue weighted by atomic mass is 32.2. The number of piperidine rings is 1. The summed E-state index contributed by atoms with van der Waals surface area (Å²) < 4.78 is 42.9. The summed E-state index contributed by atoms with van der Waals surface area (Å²) in [5.74, 6) is 0.815. The fraction of sp³-hybridized carbons (Fsp3) is 0.455. The van der Waals surface area contributed by atoms with Crippen molar-refractivity contribution >= 4 is 15.9 Å². The third kappa shape index (κ3) is 5.03. The number of benzene rings is 1. The molecule has 1 aromatic carbocycles. The summed E-state index contributed by atoms with van der Waals surface area (Å²) in [5.41, 5.74) is -0.00622. The molecule has 1 aromatic heterocycles. The lowest BCUT2D eigenvalue weighted by atomic mass is 10.1. The molecule has 1 amide bonds. The van der Waals surface area contributed by atoms with E-state index in [4.69, 9.17) is 13.9 Å². The van der Waals surface area contributed by atoms with Crippen molar-refractivity contribution in [1.29, 1.82) is 0 Å². The quantitative estimate of drug-likeness (QED) is 0.665. The SMILES string of the molecule is Cc1cc(OC2CCN(C(=O)c3ccc(S(=O)(=O)N4CCOCC4)cc3)CC2)cc(=O)o1. The Morgan fingerprint density at radius 3 is 2.31 bits per heavy atom. The van der Waals surface area contributed by atoms with Crippen molar-refractivity contribution in [3.05, 3.63) is 58.1 Å². The van der Waals surface area contributed by atoms with Gasteiger partial charge in [-0.05, 0) is 31.2 Å². The lowest BCUT2D eigenvalue weighted by Crippen LogP contribution is -2.42. The minimum Gasteiger partial charge on any atom is -0.490 e. The van der Waals surface area contributed by atoms with Crippen molar-refractivity contribution in [3.8, 4) is 5.75 Å². The van der Waals surface area contributed by atoms with Crippen molar-refractivity contribution in [3.63, 3.8) is 0 Å². The van der Waals surface area contributed by atoms with E-state index in [1.54, 1.807) is 30.0 Å². The van der Waals surface area contributed by atoms with Gasteiger partial charge in [-0.2, -0.15) is 4.31 Å². The molecule has 0 radical (unpaired) electrons. The zero-order valence-electron chi connectivity index (χ0n) is 17.9. The van der Waals surface area contributed by atoms with E-state index in [-0.39, 0.29) is 16.9 Å². The maximum Gasteiger partial charge on any atom is 0.339 e. The van der Waals surface area contributed by atoms with Gasteiger partial charge in [0, 0.05) is 50.7 Å². The normalized spacial score (nSPS) is 18.5. The van der Waals surface area contributed by atoms with Gasteiger partial charge in [-0.15, -0.1) is 0 Å². The Hall–Kier alpha value is -2.69. The number of hydrogen-bond acceptors (Lipinski definition) is 7. The number of likely N-dealkylation sites (tertiary alicyclic amines) is 1. The number of amides is 1. The van der Waals surface area contributed by atoms with Crippen LogP contribution in [0.25, 0.3) is 0 Å². The molecular weight excluding hydrogens is 436 g/mol. The van der Waals surface area contributed by atoms with Gasteiger partial charge >= 0.3 is 5.63 Å². The number of nitrogens with zero attached hydrogens (tertiary/aromatic N) is 2. The molecule has 10 heteroatoms. The van der Waals surface area contributed by atoms with Crippen LogP contribution in [0.2, 0.25) is 0 Å². The summed E-state index contributed by atoms with van der Waals surface area (Å²) in [6.07, 6.45) is 1.17. The Morgan fingerprint density at radius 2 is 1.69 bits per heavy atom. The highest BCUT2D eigenvalue weighted by molar-refractivity contribution is 7.89. The molecule has 0 N–H and O–H groups in total. The van der Waals surface area contributed by atoms with E-state index in [2.05, 4.69) is 0 Å². The van der Waals surface area contributed by atoms with Crippen molar-refractivity contribution in [2.24, 2.45) is 0 Å². The molecule has 9 nitrogen and oxygen atoms in total. The second-order valence-corrected chi connectivity index (χ2v) is 9.81. The number of hydrogen-bond donors (Lipinski definition) is 0. The first kappa shape index (κ1) is 22.5. The topological polar surface area (TPSA) is 106 Å². The molecule has 0 spiro atoms. The number of morpholine rings is 1. The van der Waals surface area contributed by atoms with Crippen LogP contribution in [0, 0.1) is 6.92 Å². The molecule has 2 saturated heterocycles. The van der Waals surface area contributed by atoms with Gasteiger partial charge < -0.3 is 18.8 Å². The van der Waals surface area contributed by atoms with Crippen LogP contribution < -0.4 is 10.4 Å². The fourth-order valence-corrected chi connectivity index (χ4v) is 5.31. The lowest BCUT2D eigenvalue weighted by Gasteiger charge is -2.32. The predicted molar refractivity (Wildman–Crippen MR) is 115 cm³/mol. The third-order valence-corrected chi connectivity index (χ3v) is 7.52. The van der Waals surface area contributed by atoms with Crippen molar-refractivity contribution in [1.82, 2.24) is 9.21 Å². The standard InChI is InChI=1S/C22H26N2O7S/c1-16-14-19(15-21(25)30-16)31-18-6-8-23(9-7-18)22(26)17-2-4-20(5-3-17)32(27,28)24-10-12-29-13-11-24/h2-5,14-15,18H,6-13H2,1H3. The minimum absolute atomic E-state index is 0.0960. The predicted octanol–water partition coefficient (Wildman–Crippen LogP) is 1.65. The molecule has 2 aromatic rings. The zero-order chi connectivity index (χ0) is 22.7. The summed E-state index contributed by atoms with van der Waals surface area (Å²) in [6.45, 7) is 4.13. The van der Waals surface area contributed by atoms with Gasteiger partial charge in [-0.3, -0.25) is 4.79 Å². The number of ether oxygens (including phenoxy) is 2. The van der Waals surface area contributed by atoms with E-state index in [0.29, 0.717) is 69.3 Å². The van der Waals surface area contributed by atoms with E-state index >= 15 is 0 Å². The molecule has 0 saturated carbocycles. The largest absolute Gasteiger partial charge is 0.490 e. The average molecular weight is 463 g/mol. The highest BCUT2D eigenvalue weighted by Crippen LogP contribution is 2.22. The fourth-order valence-electron chi connectivity index (χ4n) is 3.90. The van der Waals surface area contributed by atoms with Crippen LogP contribution in [0.1, 0.15) is 29.0 Å². The molecule has 0 bridgehead atoms. The smallest absolute Gasteiger partial charge is 0.339 e. The highest BCUT2D eigenvalue weighted by Gasteiger charge is 2.28. The molecule has 2 aliphatic rings. The molecule has 4 rings (SSSR count). The van der Waals surface area contributed by atoms with Gasteiger partial charge in [0.25, 0.3) is 5.91 Å². The van der Waals surface area contributed by atoms with Crippen LogP contribution >= 0.6 is 0 Å². The third-order valence-electron chi connectivity index (χ3n) is 5.61. The van der Waals surface area contributed by atoms with E-state index in [0.717, 1.165) is 0 Å². The number of carbonyl (C=O) groups excluding carboxylic acids is 1. The Bertz CT molecular complexity index is 1110. The van der Waals surface area contributed by atoms with Crippen molar-refractivity contribution in [2.75, 3.05) is 39.4 Å². The van der Waals surface area contributed by atoms with Crippen molar-refractivity contribution < 1.29 is 27.1 Å². The Kier molecular flexibility index (Phi) is 6.63. The Labute approximate surface area is 186 Å². The Morgan fingerprint density at radius 1 is 1.03 bits per heavy atom. The first-order valence-electron chi connectivity index (χ1n) is 10.6. The van der Waals surface area contributed by atoms with Crippen molar-refractivity contribution in [2.45, 2.75) is 30.8 Å². The van der Waals surface area contributed by atoms with Gasteiger partial charge in [0.15, 0.2) is 0 Å². The molecule has 0 atom stereocenters. The van der Waals surface area contributed by atoms with Crippen LogP contribution in [-0.2, 0) is 14.8 Å². The molecule has 172 valence electrons. The summed E-state index contributed by atoms with van der Waals surface area (Å²) >= 11 is 0. The molecule has 0 aliphatic carbocycles. The number of carbonyl (C=O) groups is 1. The van der Waals surface area contributed by atoms with E-state index in [1.807, 2.05) is 0 Å². The minimum atomic E-state index is -3.59. The molecular formula is C22H26N2O7S. The zero-order valence-corrected chi connectivity index (χ0v) is 18.7. The number of aryl methyl sites for hydroxylation is 1. The van der Waals surface area contributed by atoms with Gasteiger partial charge in [0.05, 0.1) is 24.2 Å². The molecule has 3 heterocycles. The van der Waals surface area contributed by atoms with Gasteiger partial charge in [0.2, 0.25) is 10.0 Å². The van der Waals surface area contributed by atoms with Gasteiger partial charge in [-0.1, -0.05) is 0 Å². The lowest BCUT2D eigenvalue weighted by molar-refractivity contribution is 0.0594. The maximum absolute atomic E-state index is 12.9. The molecule has 2 aliphatic heterocycles. The monoisotopic (exact) mass is 462 g/mol.